The van der Waals surface area contributed by atoms with Crippen molar-refractivity contribution in [1.29, 1.82) is 0 Å². The molecular formula is C23H26BrN3O3S2. The van der Waals surface area contributed by atoms with Crippen LogP contribution >= 0.6 is 27.3 Å². The highest BCUT2D eigenvalue weighted by molar-refractivity contribution is 9.10. The van der Waals surface area contributed by atoms with E-state index in [-0.39, 0.29) is 4.90 Å². The van der Waals surface area contributed by atoms with Crippen molar-refractivity contribution in [3.8, 4) is 5.75 Å². The molecule has 2 heterocycles. The van der Waals surface area contributed by atoms with Gasteiger partial charge in [-0.3, -0.25) is 0 Å². The lowest BCUT2D eigenvalue weighted by Gasteiger charge is -2.34. The van der Waals surface area contributed by atoms with Crippen molar-refractivity contribution in [2.75, 3.05) is 38.2 Å². The minimum absolute atomic E-state index is 0.188. The van der Waals surface area contributed by atoms with Gasteiger partial charge >= 0.3 is 0 Å². The van der Waals surface area contributed by atoms with Gasteiger partial charge in [0.05, 0.1) is 12.8 Å². The minimum atomic E-state index is -3.64. The van der Waals surface area contributed by atoms with Crippen LogP contribution in [0.4, 0.5) is 5.13 Å². The molecule has 1 fully saturated rings. The fourth-order valence-corrected chi connectivity index (χ4v) is 7.01. The number of thiazole rings is 1. The number of hydrogen-bond donors (Lipinski definition) is 0. The third-order valence-corrected chi connectivity index (χ3v) is 8.82. The van der Waals surface area contributed by atoms with E-state index in [0.29, 0.717) is 36.4 Å². The molecule has 0 atom stereocenters. The van der Waals surface area contributed by atoms with Crippen LogP contribution in [0.1, 0.15) is 22.4 Å². The molecule has 1 saturated heterocycles. The summed E-state index contributed by atoms with van der Waals surface area (Å²) in [5, 5.41) is 3.05. The molecule has 6 nitrogen and oxygen atoms in total. The standard InChI is InChI=1S/C23H26BrN3O3S2/c1-16-10-17(2)12-18(11-16)13-20-15-31-23(25-20)26-6-8-27(9-7-26)32(28,29)22-14-19(24)4-5-21(22)30-3/h4-5,10-12,14-15H,6-9,13H2,1-3H3. The maximum Gasteiger partial charge on any atom is 0.246 e. The number of sulfonamides is 1. The van der Waals surface area contributed by atoms with E-state index in [2.05, 4.69) is 58.3 Å². The number of aromatic nitrogens is 1. The lowest BCUT2D eigenvalue weighted by atomic mass is 10.0. The van der Waals surface area contributed by atoms with Gasteiger partial charge in [0.15, 0.2) is 5.13 Å². The van der Waals surface area contributed by atoms with E-state index in [1.165, 1.54) is 28.1 Å². The summed E-state index contributed by atoms with van der Waals surface area (Å²) in [6.45, 7) is 6.24. The number of hydrogen-bond acceptors (Lipinski definition) is 6. The van der Waals surface area contributed by atoms with Gasteiger partial charge in [-0.25, -0.2) is 13.4 Å². The van der Waals surface area contributed by atoms with Crippen molar-refractivity contribution >= 4 is 42.4 Å². The number of nitrogens with zero attached hydrogens (tertiary/aromatic N) is 3. The Labute approximate surface area is 202 Å². The molecule has 0 radical (unpaired) electrons. The molecule has 0 aliphatic carbocycles. The molecule has 0 N–H and O–H groups in total. The van der Waals surface area contributed by atoms with Gasteiger partial charge in [0, 0.05) is 42.5 Å². The van der Waals surface area contributed by atoms with Gasteiger partial charge in [-0.2, -0.15) is 4.31 Å². The highest BCUT2D eigenvalue weighted by Gasteiger charge is 2.31. The van der Waals surface area contributed by atoms with Gasteiger partial charge in [-0.15, -0.1) is 11.3 Å². The quantitative estimate of drug-likeness (QED) is 0.460. The Kier molecular flexibility index (Phi) is 6.90. The van der Waals surface area contributed by atoms with Crippen LogP contribution < -0.4 is 9.64 Å². The van der Waals surface area contributed by atoms with Crippen LogP contribution in [0.2, 0.25) is 0 Å². The second-order valence-electron chi connectivity index (χ2n) is 7.98. The molecule has 170 valence electrons. The number of piperazine rings is 1. The first-order valence-electron chi connectivity index (χ1n) is 10.4. The van der Waals surface area contributed by atoms with E-state index in [4.69, 9.17) is 9.72 Å². The molecule has 1 aliphatic heterocycles. The topological polar surface area (TPSA) is 62.7 Å². The normalized spacial score (nSPS) is 15.2. The maximum absolute atomic E-state index is 13.2. The fourth-order valence-electron chi connectivity index (χ4n) is 4.01. The van der Waals surface area contributed by atoms with Crippen LogP contribution in [0.15, 0.2) is 51.1 Å². The lowest BCUT2D eigenvalue weighted by molar-refractivity contribution is 0.374. The SMILES string of the molecule is COc1ccc(Br)cc1S(=O)(=O)N1CCN(c2nc(Cc3cc(C)cc(C)c3)cs2)CC1. The van der Waals surface area contributed by atoms with Gasteiger partial charge in [-0.05, 0) is 37.6 Å². The number of methoxy groups -OCH3 is 1. The number of ether oxygens (including phenoxy) is 1. The summed E-state index contributed by atoms with van der Waals surface area (Å²) in [5.74, 6) is 0.353. The predicted octanol–water partition coefficient (Wildman–Crippen LogP) is 4.63. The van der Waals surface area contributed by atoms with Crippen molar-refractivity contribution in [1.82, 2.24) is 9.29 Å². The summed E-state index contributed by atoms with van der Waals surface area (Å²) < 4.78 is 34.0. The number of halogens is 1. The van der Waals surface area contributed by atoms with Crippen molar-refractivity contribution in [3.05, 3.63) is 68.6 Å². The molecule has 0 spiro atoms. The Bertz CT molecular complexity index is 1200. The number of benzene rings is 2. The van der Waals surface area contributed by atoms with E-state index in [9.17, 15) is 8.42 Å². The summed E-state index contributed by atoms with van der Waals surface area (Å²) in [6, 6.07) is 11.6. The molecule has 0 saturated carbocycles. The Morgan fingerprint density at radius 1 is 1.06 bits per heavy atom. The summed E-state index contributed by atoms with van der Waals surface area (Å²) in [4.78, 5) is 7.18. The molecule has 9 heteroatoms. The van der Waals surface area contributed by atoms with Gasteiger partial charge in [0.2, 0.25) is 10.0 Å². The number of anilines is 1. The van der Waals surface area contributed by atoms with E-state index in [0.717, 1.165) is 17.2 Å². The first kappa shape index (κ1) is 23.2. The predicted molar refractivity (Wildman–Crippen MR) is 133 cm³/mol. The Morgan fingerprint density at radius 2 is 1.75 bits per heavy atom. The largest absolute Gasteiger partial charge is 0.495 e. The van der Waals surface area contributed by atoms with Crippen molar-refractivity contribution in [3.63, 3.8) is 0 Å². The summed E-state index contributed by atoms with van der Waals surface area (Å²) in [6.07, 6.45) is 0.802. The monoisotopic (exact) mass is 535 g/mol. The smallest absolute Gasteiger partial charge is 0.246 e. The van der Waals surface area contributed by atoms with Crippen molar-refractivity contribution in [2.45, 2.75) is 25.2 Å². The highest BCUT2D eigenvalue weighted by Crippen LogP contribution is 2.31. The second-order valence-corrected chi connectivity index (χ2v) is 11.6. The summed E-state index contributed by atoms with van der Waals surface area (Å²) >= 11 is 4.98. The van der Waals surface area contributed by atoms with Crippen molar-refractivity contribution in [2.24, 2.45) is 0 Å². The van der Waals surface area contributed by atoms with Crippen molar-refractivity contribution < 1.29 is 13.2 Å². The first-order valence-corrected chi connectivity index (χ1v) is 13.5. The average molecular weight is 537 g/mol. The average Bonchev–Trinajstić information content (AvgIpc) is 3.21. The van der Waals surface area contributed by atoms with Gasteiger partial charge in [-0.1, -0.05) is 45.3 Å². The van der Waals surface area contributed by atoms with E-state index < -0.39 is 10.0 Å². The molecule has 2 aromatic carbocycles. The van der Waals surface area contributed by atoms with Crippen LogP contribution in [0.5, 0.6) is 5.75 Å². The molecular weight excluding hydrogens is 510 g/mol. The maximum atomic E-state index is 13.2. The zero-order valence-electron chi connectivity index (χ0n) is 18.3. The van der Waals surface area contributed by atoms with Crippen LogP contribution in [0.3, 0.4) is 0 Å². The zero-order chi connectivity index (χ0) is 22.9. The molecule has 3 aromatic rings. The Morgan fingerprint density at radius 3 is 2.41 bits per heavy atom. The van der Waals surface area contributed by atoms with Gasteiger partial charge < -0.3 is 9.64 Å². The molecule has 0 unspecified atom stereocenters. The minimum Gasteiger partial charge on any atom is -0.495 e. The molecule has 1 aromatic heterocycles. The Balaban J connectivity index is 1.44. The number of rotatable bonds is 6. The van der Waals surface area contributed by atoms with Crippen LogP contribution in [-0.4, -0.2) is 51.0 Å². The third-order valence-electron chi connectivity index (χ3n) is 5.46. The Hall–Kier alpha value is -1.94. The van der Waals surface area contributed by atoms with Gasteiger partial charge in [0.25, 0.3) is 0 Å². The second kappa shape index (κ2) is 9.51. The van der Waals surface area contributed by atoms with Crippen LogP contribution in [-0.2, 0) is 16.4 Å². The fraction of sp³-hybridized carbons (Fsp3) is 0.348. The third kappa shape index (κ3) is 5.01. The van der Waals surface area contributed by atoms with Crippen LogP contribution in [0, 0.1) is 13.8 Å². The zero-order valence-corrected chi connectivity index (χ0v) is 21.6. The summed E-state index contributed by atoms with van der Waals surface area (Å²) in [5.41, 5.74) is 4.83. The molecule has 4 rings (SSSR count). The van der Waals surface area contributed by atoms with E-state index >= 15 is 0 Å². The highest BCUT2D eigenvalue weighted by atomic mass is 79.9. The van der Waals surface area contributed by atoms with Crippen LogP contribution in [0.25, 0.3) is 0 Å². The molecule has 0 bridgehead atoms. The first-order chi connectivity index (χ1) is 15.3. The molecule has 1 aliphatic rings. The molecule has 32 heavy (non-hydrogen) atoms. The number of aryl methyl sites for hydroxylation is 2. The van der Waals surface area contributed by atoms with E-state index in [1.807, 2.05) is 0 Å². The summed E-state index contributed by atoms with van der Waals surface area (Å²) in [7, 11) is -2.16. The molecule has 0 amide bonds. The van der Waals surface area contributed by atoms with E-state index in [1.54, 1.807) is 29.5 Å². The lowest BCUT2D eigenvalue weighted by Crippen LogP contribution is -2.48. The van der Waals surface area contributed by atoms with Gasteiger partial charge in [0.1, 0.15) is 10.6 Å².